The second-order valence-electron chi connectivity index (χ2n) is 4.86. The van der Waals surface area contributed by atoms with Crippen LogP contribution in [-0.2, 0) is 6.18 Å². The molecule has 0 radical (unpaired) electrons. The Hall–Kier alpha value is -2.35. The van der Waals surface area contributed by atoms with E-state index in [4.69, 9.17) is 0 Å². The molecule has 1 aromatic carbocycles. The fourth-order valence-corrected chi connectivity index (χ4v) is 3.05. The van der Waals surface area contributed by atoms with Crippen LogP contribution in [0.4, 0.5) is 13.2 Å². The van der Waals surface area contributed by atoms with Crippen molar-refractivity contribution in [2.24, 2.45) is 0 Å². The number of hydrogen-bond donors (Lipinski definition) is 0. The quantitative estimate of drug-likeness (QED) is 0.530. The molecule has 2 aromatic heterocycles. The van der Waals surface area contributed by atoms with E-state index in [1.165, 1.54) is 16.3 Å². The standard InChI is InChI=1S/C16H12F3N3OS/c1-2-24-15-21-12-11(16(17,18)19)8-9-20-13(12)14(23)22(15)10-6-4-3-5-7-10/h3-9H,2H2,1H3. The van der Waals surface area contributed by atoms with E-state index in [2.05, 4.69) is 9.97 Å². The Labute approximate surface area is 139 Å². The molecule has 0 saturated heterocycles. The Bertz CT molecular complexity index is 939. The number of para-hydroxylation sites is 1. The molecule has 0 atom stereocenters. The van der Waals surface area contributed by atoms with Gasteiger partial charge >= 0.3 is 6.18 Å². The summed E-state index contributed by atoms with van der Waals surface area (Å²) in [5.41, 5.74) is -1.75. The van der Waals surface area contributed by atoms with Crippen LogP contribution in [0, 0.1) is 0 Å². The summed E-state index contributed by atoms with van der Waals surface area (Å²) in [6.07, 6.45) is -3.62. The Morgan fingerprint density at radius 2 is 1.83 bits per heavy atom. The molecule has 4 nitrogen and oxygen atoms in total. The molecule has 0 aliphatic carbocycles. The SMILES string of the molecule is CCSc1nc2c(C(F)(F)F)ccnc2c(=O)n1-c1ccccc1. The maximum Gasteiger partial charge on any atom is 0.418 e. The van der Waals surface area contributed by atoms with Crippen LogP contribution in [-0.4, -0.2) is 20.3 Å². The number of benzene rings is 1. The summed E-state index contributed by atoms with van der Waals surface area (Å²) in [5, 5.41) is 0.208. The third-order valence-electron chi connectivity index (χ3n) is 3.32. The molecule has 0 aliphatic rings. The maximum atomic E-state index is 13.2. The van der Waals surface area contributed by atoms with Crippen molar-refractivity contribution in [2.45, 2.75) is 18.3 Å². The first-order chi connectivity index (χ1) is 11.4. The zero-order chi connectivity index (χ0) is 17.3. The van der Waals surface area contributed by atoms with Crippen molar-refractivity contribution in [1.29, 1.82) is 0 Å². The van der Waals surface area contributed by atoms with Gasteiger partial charge in [-0.25, -0.2) is 9.97 Å². The van der Waals surface area contributed by atoms with Crippen molar-refractivity contribution in [3.8, 4) is 5.69 Å². The smallest absolute Gasteiger partial charge is 0.266 e. The van der Waals surface area contributed by atoms with Crippen LogP contribution in [0.3, 0.4) is 0 Å². The van der Waals surface area contributed by atoms with Gasteiger partial charge in [0.25, 0.3) is 5.56 Å². The Morgan fingerprint density at radius 1 is 1.12 bits per heavy atom. The molecule has 124 valence electrons. The van der Waals surface area contributed by atoms with Gasteiger partial charge in [-0.05, 0) is 24.0 Å². The van der Waals surface area contributed by atoms with Crippen LogP contribution in [0.5, 0.6) is 0 Å². The van der Waals surface area contributed by atoms with Gasteiger partial charge in [-0.1, -0.05) is 36.9 Å². The fourth-order valence-electron chi connectivity index (χ4n) is 2.32. The van der Waals surface area contributed by atoms with Crippen LogP contribution in [0.25, 0.3) is 16.7 Å². The van der Waals surface area contributed by atoms with E-state index < -0.39 is 22.8 Å². The summed E-state index contributed by atoms with van der Waals surface area (Å²) in [4.78, 5) is 20.7. The average molecular weight is 351 g/mol. The minimum absolute atomic E-state index is 0.208. The van der Waals surface area contributed by atoms with Crippen LogP contribution < -0.4 is 5.56 Å². The van der Waals surface area contributed by atoms with Gasteiger partial charge in [0, 0.05) is 6.20 Å². The minimum Gasteiger partial charge on any atom is -0.266 e. The minimum atomic E-state index is -4.60. The molecule has 0 N–H and O–H groups in total. The van der Waals surface area contributed by atoms with Crippen molar-refractivity contribution in [3.05, 3.63) is 58.5 Å². The molecule has 0 amide bonds. The molecule has 0 aliphatic heterocycles. The number of fused-ring (bicyclic) bond motifs is 1. The van der Waals surface area contributed by atoms with Crippen molar-refractivity contribution >= 4 is 22.8 Å². The third-order valence-corrected chi connectivity index (χ3v) is 4.14. The lowest BCUT2D eigenvalue weighted by atomic mass is 10.2. The first kappa shape index (κ1) is 16.5. The molecule has 0 bridgehead atoms. The third kappa shape index (κ3) is 2.89. The van der Waals surface area contributed by atoms with Crippen LogP contribution in [0.15, 0.2) is 52.5 Å². The summed E-state index contributed by atoms with van der Waals surface area (Å²) in [6, 6.07) is 9.50. The van der Waals surface area contributed by atoms with E-state index in [0.717, 1.165) is 12.3 Å². The fraction of sp³-hybridized carbons (Fsp3) is 0.188. The number of thioether (sulfide) groups is 1. The number of halogens is 3. The Balaban J connectivity index is 2.40. The molecule has 2 heterocycles. The van der Waals surface area contributed by atoms with E-state index in [0.29, 0.717) is 11.4 Å². The summed E-state index contributed by atoms with van der Waals surface area (Å²) in [6.45, 7) is 1.84. The van der Waals surface area contributed by atoms with E-state index in [-0.39, 0.29) is 10.7 Å². The molecule has 0 fully saturated rings. The van der Waals surface area contributed by atoms with Crippen molar-refractivity contribution in [2.75, 3.05) is 5.75 Å². The highest BCUT2D eigenvalue weighted by Crippen LogP contribution is 2.33. The summed E-state index contributed by atoms with van der Waals surface area (Å²) < 4.78 is 40.9. The topological polar surface area (TPSA) is 47.8 Å². The van der Waals surface area contributed by atoms with E-state index in [1.807, 2.05) is 6.92 Å². The lowest BCUT2D eigenvalue weighted by Crippen LogP contribution is -2.24. The lowest BCUT2D eigenvalue weighted by Gasteiger charge is -2.14. The van der Waals surface area contributed by atoms with E-state index in [1.54, 1.807) is 30.3 Å². The molecule has 8 heteroatoms. The van der Waals surface area contributed by atoms with Gasteiger partial charge in [-0.3, -0.25) is 9.36 Å². The van der Waals surface area contributed by atoms with Gasteiger partial charge in [0.05, 0.1) is 11.3 Å². The Morgan fingerprint density at radius 3 is 2.46 bits per heavy atom. The molecule has 0 unspecified atom stereocenters. The first-order valence-corrected chi connectivity index (χ1v) is 8.09. The summed E-state index contributed by atoms with van der Waals surface area (Å²) in [5.74, 6) is 0.562. The number of alkyl halides is 3. The molecule has 3 aromatic rings. The van der Waals surface area contributed by atoms with Crippen molar-refractivity contribution < 1.29 is 13.2 Å². The highest BCUT2D eigenvalue weighted by atomic mass is 32.2. The zero-order valence-electron chi connectivity index (χ0n) is 12.5. The molecular weight excluding hydrogens is 339 g/mol. The number of aromatic nitrogens is 3. The number of rotatable bonds is 3. The normalized spacial score (nSPS) is 11.8. The van der Waals surface area contributed by atoms with Gasteiger partial charge in [0.2, 0.25) is 0 Å². The van der Waals surface area contributed by atoms with Gasteiger partial charge in [-0.2, -0.15) is 13.2 Å². The largest absolute Gasteiger partial charge is 0.418 e. The van der Waals surface area contributed by atoms with Crippen molar-refractivity contribution in [1.82, 2.24) is 14.5 Å². The van der Waals surface area contributed by atoms with Crippen LogP contribution in [0.1, 0.15) is 12.5 Å². The predicted molar refractivity (Wildman–Crippen MR) is 86.5 cm³/mol. The second kappa shape index (κ2) is 6.27. The number of pyridine rings is 1. The van der Waals surface area contributed by atoms with Gasteiger partial charge in [0.1, 0.15) is 5.52 Å². The lowest BCUT2D eigenvalue weighted by molar-refractivity contribution is -0.136. The monoisotopic (exact) mass is 351 g/mol. The molecule has 0 saturated carbocycles. The second-order valence-corrected chi connectivity index (χ2v) is 6.09. The molecule has 0 spiro atoms. The Kier molecular flexibility index (Phi) is 4.31. The first-order valence-electron chi connectivity index (χ1n) is 7.10. The van der Waals surface area contributed by atoms with E-state index >= 15 is 0 Å². The maximum absolute atomic E-state index is 13.2. The van der Waals surface area contributed by atoms with E-state index in [9.17, 15) is 18.0 Å². The number of nitrogens with zero attached hydrogens (tertiary/aromatic N) is 3. The van der Waals surface area contributed by atoms with Crippen molar-refractivity contribution in [3.63, 3.8) is 0 Å². The summed E-state index contributed by atoms with van der Waals surface area (Å²) >= 11 is 1.20. The van der Waals surface area contributed by atoms with Crippen LogP contribution in [0.2, 0.25) is 0 Å². The van der Waals surface area contributed by atoms with Gasteiger partial charge in [-0.15, -0.1) is 0 Å². The van der Waals surface area contributed by atoms with Gasteiger partial charge < -0.3 is 0 Å². The van der Waals surface area contributed by atoms with Gasteiger partial charge in [0.15, 0.2) is 10.7 Å². The molecule has 3 rings (SSSR count). The highest BCUT2D eigenvalue weighted by Gasteiger charge is 2.34. The average Bonchev–Trinajstić information content (AvgIpc) is 2.55. The zero-order valence-corrected chi connectivity index (χ0v) is 13.4. The summed E-state index contributed by atoms with van der Waals surface area (Å²) in [7, 11) is 0. The van der Waals surface area contributed by atoms with Crippen LogP contribution >= 0.6 is 11.8 Å². The highest BCUT2D eigenvalue weighted by molar-refractivity contribution is 7.99. The molecule has 24 heavy (non-hydrogen) atoms. The predicted octanol–water partition coefficient (Wildman–Crippen LogP) is 3.91. The number of hydrogen-bond acceptors (Lipinski definition) is 4. The molecular formula is C16H12F3N3OS.